The zero-order valence-corrected chi connectivity index (χ0v) is 28.4. The first-order valence-electron chi connectivity index (χ1n) is 17.5. The quantitative estimate of drug-likeness (QED) is 0.170. The van der Waals surface area contributed by atoms with E-state index in [4.69, 9.17) is 15.0 Å². The second kappa shape index (κ2) is 13.7. The van der Waals surface area contributed by atoms with Crippen molar-refractivity contribution in [2.75, 3.05) is 0 Å². The predicted molar refractivity (Wildman–Crippen MR) is 215 cm³/mol. The molecule has 3 heteroatoms. The molecule has 0 bridgehead atoms. The van der Waals surface area contributed by atoms with E-state index < -0.39 is 0 Å². The molecule has 0 saturated heterocycles. The van der Waals surface area contributed by atoms with E-state index in [-0.39, 0.29) is 0 Å². The summed E-state index contributed by atoms with van der Waals surface area (Å²) in [4.78, 5) is 15.5. The average molecular weight is 664 g/mol. The van der Waals surface area contributed by atoms with Crippen LogP contribution in [0, 0.1) is 0 Å². The normalized spacial score (nSPS) is 11.1. The highest BCUT2D eigenvalue weighted by atomic mass is 15.0. The van der Waals surface area contributed by atoms with Gasteiger partial charge in [0.1, 0.15) is 0 Å². The smallest absolute Gasteiger partial charge is 0.164 e. The molecule has 0 spiro atoms. The fourth-order valence-electron chi connectivity index (χ4n) is 6.88. The van der Waals surface area contributed by atoms with Gasteiger partial charge < -0.3 is 0 Å². The number of rotatable bonds is 7. The Kier molecular flexibility index (Phi) is 8.20. The van der Waals surface area contributed by atoms with Gasteiger partial charge in [-0.15, -0.1) is 0 Å². The van der Waals surface area contributed by atoms with Crippen molar-refractivity contribution >= 4 is 10.8 Å². The van der Waals surface area contributed by atoms with Gasteiger partial charge in [0.05, 0.1) is 0 Å². The maximum absolute atomic E-state index is 5.22. The summed E-state index contributed by atoms with van der Waals surface area (Å²) < 4.78 is 0. The minimum absolute atomic E-state index is 0.626. The molecular weight excluding hydrogens is 631 g/mol. The third kappa shape index (κ3) is 6.17. The Hall–Kier alpha value is -6.97. The molecule has 244 valence electrons. The molecule has 0 amide bonds. The largest absolute Gasteiger partial charge is 0.208 e. The second-order valence-corrected chi connectivity index (χ2v) is 12.8. The zero-order valence-electron chi connectivity index (χ0n) is 28.4. The van der Waals surface area contributed by atoms with Crippen molar-refractivity contribution in [1.82, 2.24) is 15.0 Å². The molecule has 0 radical (unpaired) electrons. The van der Waals surface area contributed by atoms with E-state index >= 15 is 0 Å². The molecule has 1 aromatic heterocycles. The van der Waals surface area contributed by atoms with Gasteiger partial charge in [0.15, 0.2) is 17.5 Å². The van der Waals surface area contributed by atoms with Gasteiger partial charge >= 0.3 is 0 Å². The van der Waals surface area contributed by atoms with E-state index in [0.29, 0.717) is 17.5 Å². The van der Waals surface area contributed by atoms with Gasteiger partial charge in [-0.3, -0.25) is 0 Å². The lowest BCUT2D eigenvalue weighted by atomic mass is 9.94. The Morgan fingerprint density at radius 1 is 0.231 bits per heavy atom. The van der Waals surface area contributed by atoms with E-state index in [2.05, 4.69) is 182 Å². The van der Waals surface area contributed by atoms with E-state index in [0.717, 1.165) is 50.1 Å². The number of aromatic nitrogens is 3. The van der Waals surface area contributed by atoms with E-state index in [1.54, 1.807) is 0 Å². The standard InChI is InChI=1S/C49H33N3/c1-4-13-34(14-5-1)36-23-27-40(28-24-36)47-50-48(41-29-25-39(26-30-41)44-22-12-20-38-19-10-11-21-43(38)44)52-49(51-47)46-33-42(35-15-6-2-7-16-35)31-32-45(46)37-17-8-3-9-18-37/h1-33H. The lowest BCUT2D eigenvalue weighted by Gasteiger charge is -2.14. The molecule has 0 fully saturated rings. The first kappa shape index (κ1) is 31.0. The van der Waals surface area contributed by atoms with Crippen LogP contribution in [0.2, 0.25) is 0 Å². The predicted octanol–water partition coefficient (Wildman–Crippen LogP) is 12.7. The molecule has 0 saturated carbocycles. The van der Waals surface area contributed by atoms with Crippen LogP contribution in [0.4, 0.5) is 0 Å². The molecule has 9 rings (SSSR count). The van der Waals surface area contributed by atoms with Crippen LogP contribution < -0.4 is 0 Å². The molecule has 9 aromatic rings. The van der Waals surface area contributed by atoms with Crippen LogP contribution in [0.3, 0.4) is 0 Å². The summed E-state index contributed by atoms with van der Waals surface area (Å²) in [5.41, 5.74) is 11.9. The first-order valence-corrected chi connectivity index (χ1v) is 17.5. The van der Waals surface area contributed by atoms with Crippen LogP contribution >= 0.6 is 0 Å². The van der Waals surface area contributed by atoms with Gasteiger partial charge in [-0.2, -0.15) is 0 Å². The van der Waals surface area contributed by atoms with Crippen LogP contribution in [0.25, 0.3) is 89.4 Å². The Morgan fingerprint density at radius 3 is 1.29 bits per heavy atom. The van der Waals surface area contributed by atoms with Crippen molar-refractivity contribution in [1.29, 1.82) is 0 Å². The van der Waals surface area contributed by atoms with Crippen molar-refractivity contribution in [2.45, 2.75) is 0 Å². The SMILES string of the molecule is c1ccc(-c2ccc(-c3nc(-c4ccc(-c5cccc6ccccc56)cc4)nc(-c4cc(-c5ccccc5)ccc4-c4ccccc4)n3)cc2)cc1. The number of hydrogen-bond acceptors (Lipinski definition) is 3. The van der Waals surface area contributed by atoms with Crippen molar-refractivity contribution in [2.24, 2.45) is 0 Å². The lowest BCUT2D eigenvalue weighted by molar-refractivity contribution is 1.07. The summed E-state index contributed by atoms with van der Waals surface area (Å²) in [7, 11) is 0. The second-order valence-electron chi connectivity index (χ2n) is 12.8. The molecule has 0 aliphatic heterocycles. The van der Waals surface area contributed by atoms with Gasteiger partial charge in [0.25, 0.3) is 0 Å². The molecular formula is C49H33N3. The molecule has 52 heavy (non-hydrogen) atoms. The van der Waals surface area contributed by atoms with Crippen molar-refractivity contribution in [3.63, 3.8) is 0 Å². The average Bonchev–Trinajstić information content (AvgIpc) is 3.24. The lowest BCUT2D eigenvalue weighted by Crippen LogP contribution is -2.01. The van der Waals surface area contributed by atoms with Crippen LogP contribution in [0.15, 0.2) is 200 Å². The van der Waals surface area contributed by atoms with E-state index in [1.807, 2.05) is 18.2 Å². The minimum atomic E-state index is 0.626. The molecule has 0 N–H and O–H groups in total. The highest BCUT2D eigenvalue weighted by molar-refractivity contribution is 5.97. The van der Waals surface area contributed by atoms with Crippen LogP contribution in [0.5, 0.6) is 0 Å². The topological polar surface area (TPSA) is 38.7 Å². The Labute approximate surface area is 303 Å². The number of hydrogen-bond donors (Lipinski definition) is 0. The molecule has 0 atom stereocenters. The van der Waals surface area contributed by atoms with Crippen LogP contribution in [0.1, 0.15) is 0 Å². The summed E-state index contributed by atoms with van der Waals surface area (Å²) in [5, 5.41) is 2.45. The summed E-state index contributed by atoms with van der Waals surface area (Å²) in [6.45, 7) is 0. The minimum Gasteiger partial charge on any atom is -0.208 e. The summed E-state index contributed by atoms with van der Waals surface area (Å²) in [5.74, 6) is 1.88. The van der Waals surface area contributed by atoms with E-state index in [1.165, 1.54) is 21.9 Å². The van der Waals surface area contributed by atoms with Crippen molar-refractivity contribution in [3.05, 3.63) is 200 Å². The number of benzene rings is 8. The number of fused-ring (bicyclic) bond motifs is 1. The molecule has 8 aromatic carbocycles. The van der Waals surface area contributed by atoms with E-state index in [9.17, 15) is 0 Å². The maximum Gasteiger partial charge on any atom is 0.164 e. The van der Waals surface area contributed by atoms with Gasteiger partial charge in [0.2, 0.25) is 0 Å². The van der Waals surface area contributed by atoms with Crippen LogP contribution in [-0.4, -0.2) is 15.0 Å². The van der Waals surface area contributed by atoms with Crippen LogP contribution in [-0.2, 0) is 0 Å². The van der Waals surface area contributed by atoms with Gasteiger partial charge in [-0.05, 0) is 61.3 Å². The Balaban J connectivity index is 1.21. The summed E-state index contributed by atoms with van der Waals surface area (Å²) >= 11 is 0. The molecule has 1 heterocycles. The number of nitrogens with zero attached hydrogens (tertiary/aromatic N) is 3. The summed E-state index contributed by atoms with van der Waals surface area (Å²) in [6.07, 6.45) is 0. The van der Waals surface area contributed by atoms with Crippen molar-refractivity contribution in [3.8, 4) is 78.7 Å². The summed E-state index contributed by atoms with van der Waals surface area (Å²) in [6, 6.07) is 69.9. The fourth-order valence-corrected chi connectivity index (χ4v) is 6.88. The third-order valence-corrected chi connectivity index (χ3v) is 9.58. The van der Waals surface area contributed by atoms with Gasteiger partial charge in [-0.1, -0.05) is 194 Å². The molecule has 0 aliphatic rings. The first-order chi connectivity index (χ1) is 25.8. The zero-order chi connectivity index (χ0) is 34.7. The Bertz CT molecular complexity index is 2630. The highest BCUT2D eigenvalue weighted by Crippen LogP contribution is 2.37. The molecule has 0 aliphatic carbocycles. The highest BCUT2D eigenvalue weighted by Gasteiger charge is 2.17. The monoisotopic (exact) mass is 663 g/mol. The van der Waals surface area contributed by atoms with Crippen molar-refractivity contribution < 1.29 is 0 Å². The molecule has 3 nitrogen and oxygen atoms in total. The maximum atomic E-state index is 5.22. The van der Waals surface area contributed by atoms with Gasteiger partial charge in [-0.25, -0.2) is 15.0 Å². The third-order valence-electron chi connectivity index (χ3n) is 9.58. The molecule has 0 unspecified atom stereocenters. The Morgan fingerprint density at radius 2 is 0.654 bits per heavy atom. The van der Waals surface area contributed by atoms with Gasteiger partial charge in [0, 0.05) is 16.7 Å². The fraction of sp³-hybridized carbons (Fsp3) is 0.